The molecule has 0 spiro atoms. The van der Waals surface area contributed by atoms with Gasteiger partial charge in [-0.15, -0.1) is 0 Å². The van der Waals surface area contributed by atoms with Crippen LogP contribution in [-0.4, -0.2) is 0 Å². The molecular weight excluding hydrogens is 591 g/mol. The lowest BCUT2D eigenvalue weighted by Crippen LogP contribution is -2.10. The molecule has 0 fully saturated rings. The molecule has 0 unspecified atom stereocenters. The van der Waals surface area contributed by atoms with Crippen LogP contribution in [-0.2, 0) is 0 Å². The highest BCUT2D eigenvalue weighted by molar-refractivity contribution is 6.17. The van der Waals surface area contributed by atoms with E-state index in [1.54, 1.807) is 0 Å². The molecule has 9 aromatic rings. The molecule has 0 aliphatic heterocycles. The highest BCUT2D eigenvalue weighted by Crippen LogP contribution is 2.40. The minimum Gasteiger partial charge on any atom is -0.310 e. The summed E-state index contributed by atoms with van der Waals surface area (Å²) in [7, 11) is 0. The quantitative estimate of drug-likeness (QED) is 0.167. The van der Waals surface area contributed by atoms with Gasteiger partial charge in [-0.1, -0.05) is 164 Å². The van der Waals surface area contributed by atoms with Crippen molar-refractivity contribution in [1.82, 2.24) is 0 Å². The van der Waals surface area contributed by atoms with E-state index in [1.165, 1.54) is 65.7 Å². The Morgan fingerprint density at radius 2 is 0.673 bits per heavy atom. The minimum absolute atomic E-state index is 1.11. The van der Waals surface area contributed by atoms with Crippen molar-refractivity contribution in [3.63, 3.8) is 0 Å². The van der Waals surface area contributed by atoms with E-state index in [1.807, 2.05) is 0 Å². The lowest BCUT2D eigenvalue weighted by atomic mass is 9.96. The Morgan fingerprint density at radius 1 is 0.224 bits per heavy atom. The van der Waals surface area contributed by atoms with Crippen molar-refractivity contribution in [2.45, 2.75) is 0 Å². The summed E-state index contributed by atoms with van der Waals surface area (Å²) < 4.78 is 0. The van der Waals surface area contributed by atoms with Gasteiger partial charge < -0.3 is 4.90 Å². The summed E-state index contributed by atoms with van der Waals surface area (Å²) in [5.41, 5.74) is 10.6. The summed E-state index contributed by atoms with van der Waals surface area (Å²) in [6.07, 6.45) is 0. The summed E-state index contributed by atoms with van der Waals surface area (Å²) in [5.74, 6) is 0. The number of hydrogen-bond acceptors (Lipinski definition) is 1. The molecule has 0 radical (unpaired) electrons. The Hall–Kier alpha value is -6.44. The van der Waals surface area contributed by atoms with Gasteiger partial charge >= 0.3 is 0 Å². The van der Waals surface area contributed by atoms with E-state index >= 15 is 0 Å². The molecule has 0 aliphatic rings. The van der Waals surface area contributed by atoms with Crippen molar-refractivity contribution in [2.24, 2.45) is 0 Å². The zero-order valence-electron chi connectivity index (χ0n) is 27.0. The molecule has 0 atom stereocenters. The lowest BCUT2D eigenvalue weighted by Gasteiger charge is -2.27. The summed E-state index contributed by atoms with van der Waals surface area (Å²) in [6, 6.07) is 72.4. The van der Waals surface area contributed by atoms with Gasteiger partial charge in [0.15, 0.2) is 0 Å². The van der Waals surface area contributed by atoms with Crippen molar-refractivity contribution < 1.29 is 0 Å². The maximum absolute atomic E-state index is 2.38. The van der Waals surface area contributed by atoms with E-state index in [2.05, 4.69) is 205 Å². The van der Waals surface area contributed by atoms with E-state index in [0.29, 0.717) is 0 Å². The van der Waals surface area contributed by atoms with E-state index in [4.69, 9.17) is 0 Å². The van der Waals surface area contributed by atoms with E-state index in [0.717, 1.165) is 17.1 Å². The summed E-state index contributed by atoms with van der Waals surface area (Å²) in [6.45, 7) is 0. The molecule has 1 heteroatoms. The van der Waals surface area contributed by atoms with Gasteiger partial charge in [-0.2, -0.15) is 0 Å². The number of fused-ring (bicyclic) bond motifs is 5. The van der Waals surface area contributed by atoms with Gasteiger partial charge in [0.05, 0.1) is 0 Å². The van der Waals surface area contributed by atoms with Crippen LogP contribution in [0.15, 0.2) is 200 Å². The Bertz CT molecular complexity index is 2570. The van der Waals surface area contributed by atoms with Gasteiger partial charge in [0.1, 0.15) is 0 Å². The van der Waals surface area contributed by atoms with E-state index < -0.39 is 0 Å². The molecule has 9 rings (SSSR count). The number of nitrogens with zero attached hydrogens (tertiary/aromatic N) is 1. The second kappa shape index (κ2) is 12.3. The molecule has 0 saturated heterocycles. The molecule has 0 aliphatic carbocycles. The Labute approximate surface area is 287 Å². The van der Waals surface area contributed by atoms with E-state index in [9.17, 15) is 0 Å². The molecule has 0 amide bonds. The van der Waals surface area contributed by atoms with Crippen molar-refractivity contribution in [3.8, 4) is 33.4 Å². The molecule has 0 aromatic heterocycles. The maximum Gasteiger partial charge on any atom is 0.0468 e. The Kier molecular flexibility index (Phi) is 7.22. The molecule has 0 heterocycles. The van der Waals surface area contributed by atoms with Crippen LogP contribution in [0, 0.1) is 0 Å². The molecular formula is C48H33N. The maximum atomic E-state index is 2.38. The smallest absolute Gasteiger partial charge is 0.0468 e. The number of benzene rings is 9. The first-order valence-corrected chi connectivity index (χ1v) is 16.8. The molecule has 1 nitrogen and oxygen atoms in total. The third kappa shape index (κ3) is 5.42. The van der Waals surface area contributed by atoms with E-state index in [-0.39, 0.29) is 0 Å². The minimum atomic E-state index is 1.11. The van der Waals surface area contributed by atoms with Gasteiger partial charge in [-0.05, 0) is 102 Å². The first-order valence-electron chi connectivity index (χ1n) is 16.8. The normalized spacial score (nSPS) is 11.3. The predicted molar refractivity (Wildman–Crippen MR) is 210 cm³/mol. The average molecular weight is 624 g/mol. The first-order chi connectivity index (χ1) is 24.3. The van der Waals surface area contributed by atoms with Crippen LogP contribution in [0.25, 0.3) is 65.7 Å². The third-order valence-corrected chi connectivity index (χ3v) is 9.65. The summed E-state index contributed by atoms with van der Waals surface area (Å²) in [4.78, 5) is 2.38. The standard InChI is InChI=1S/C48H33N/c1-3-10-34(11-4-1)36-18-20-37(21-19-36)38-22-27-42(28-23-38)49(43-16-9-15-41(32-43)35-12-5-2-6-13-35)44-29-24-40-26-30-46-45-17-8-7-14-39(45)25-31-47(46)48(40)33-44/h1-33H. The van der Waals surface area contributed by atoms with Crippen molar-refractivity contribution >= 4 is 49.4 Å². The first kappa shape index (κ1) is 28.8. The predicted octanol–water partition coefficient (Wildman–Crippen LogP) is 13.6. The summed E-state index contributed by atoms with van der Waals surface area (Å²) in [5, 5.41) is 7.58. The van der Waals surface area contributed by atoms with Gasteiger partial charge in [0.25, 0.3) is 0 Å². The van der Waals surface area contributed by atoms with Crippen molar-refractivity contribution in [2.75, 3.05) is 4.90 Å². The summed E-state index contributed by atoms with van der Waals surface area (Å²) >= 11 is 0. The van der Waals surface area contributed by atoms with Crippen molar-refractivity contribution in [1.29, 1.82) is 0 Å². The second-order valence-corrected chi connectivity index (χ2v) is 12.6. The monoisotopic (exact) mass is 623 g/mol. The molecule has 9 aromatic carbocycles. The topological polar surface area (TPSA) is 3.24 Å². The SMILES string of the molecule is c1ccc(-c2ccc(-c3ccc(N(c4cccc(-c5ccccc5)c4)c4ccc5ccc6c7ccccc7ccc6c5c4)cc3)cc2)cc1. The zero-order chi connectivity index (χ0) is 32.6. The lowest BCUT2D eigenvalue weighted by molar-refractivity contribution is 1.29. The van der Waals surface area contributed by atoms with Gasteiger partial charge in [-0.25, -0.2) is 0 Å². The average Bonchev–Trinajstić information content (AvgIpc) is 3.19. The molecule has 230 valence electrons. The van der Waals surface area contributed by atoms with Crippen LogP contribution < -0.4 is 4.90 Å². The fourth-order valence-corrected chi connectivity index (χ4v) is 7.14. The number of rotatable bonds is 6. The second-order valence-electron chi connectivity index (χ2n) is 12.6. The third-order valence-electron chi connectivity index (χ3n) is 9.65. The van der Waals surface area contributed by atoms with Crippen LogP contribution in [0.1, 0.15) is 0 Å². The Morgan fingerprint density at radius 3 is 1.35 bits per heavy atom. The van der Waals surface area contributed by atoms with Crippen LogP contribution in [0.5, 0.6) is 0 Å². The largest absolute Gasteiger partial charge is 0.310 e. The number of anilines is 3. The zero-order valence-corrected chi connectivity index (χ0v) is 27.0. The van der Waals surface area contributed by atoms with Gasteiger partial charge in [0.2, 0.25) is 0 Å². The Balaban J connectivity index is 1.16. The fraction of sp³-hybridized carbons (Fsp3) is 0. The molecule has 0 bridgehead atoms. The van der Waals surface area contributed by atoms with Gasteiger partial charge in [-0.3, -0.25) is 0 Å². The fourth-order valence-electron chi connectivity index (χ4n) is 7.14. The van der Waals surface area contributed by atoms with Crippen LogP contribution in [0.2, 0.25) is 0 Å². The van der Waals surface area contributed by atoms with Gasteiger partial charge in [0, 0.05) is 17.1 Å². The highest BCUT2D eigenvalue weighted by Gasteiger charge is 2.16. The van der Waals surface area contributed by atoms with Crippen molar-refractivity contribution in [3.05, 3.63) is 200 Å². The van der Waals surface area contributed by atoms with Crippen LogP contribution >= 0.6 is 0 Å². The molecule has 0 saturated carbocycles. The highest BCUT2D eigenvalue weighted by atomic mass is 15.1. The van der Waals surface area contributed by atoms with Crippen LogP contribution in [0.4, 0.5) is 17.1 Å². The molecule has 49 heavy (non-hydrogen) atoms. The van der Waals surface area contributed by atoms with Crippen LogP contribution in [0.3, 0.4) is 0 Å². The molecule has 0 N–H and O–H groups in total. The number of hydrogen-bond donors (Lipinski definition) is 0.